The third-order valence-corrected chi connectivity index (χ3v) is 6.62. The van der Waals surface area contributed by atoms with Crippen LogP contribution in [0.5, 0.6) is 5.75 Å². The lowest BCUT2D eigenvalue weighted by Gasteiger charge is -2.23. The number of para-hydroxylation sites is 1. The maximum absolute atomic E-state index is 12.7. The Balaban J connectivity index is 2.03. The van der Waals surface area contributed by atoms with Crippen LogP contribution in [0.4, 0.5) is 13.2 Å². The zero-order valence-electron chi connectivity index (χ0n) is 16.1. The normalized spacial score (nSPS) is 12.5. The number of sulfone groups is 1. The summed E-state index contributed by atoms with van der Waals surface area (Å²) in [6, 6.07) is 8.64. The second-order valence-corrected chi connectivity index (χ2v) is 9.21. The predicted molar refractivity (Wildman–Crippen MR) is 100 cm³/mol. The fraction of sp³-hybridized carbons (Fsp3) is 0.368. The van der Waals surface area contributed by atoms with Gasteiger partial charge in [-0.2, -0.15) is 13.2 Å². The molecule has 0 atom stereocenters. The second-order valence-electron chi connectivity index (χ2n) is 6.77. The van der Waals surface area contributed by atoms with Crippen LogP contribution in [-0.4, -0.2) is 37.2 Å². The molecule has 0 saturated carbocycles. The van der Waals surface area contributed by atoms with E-state index < -0.39 is 37.3 Å². The molecule has 0 spiro atoms. The van der Waals surface area contributed by atoms with E-state index in [2.05, 4.69) is 10.3 Å². The van der Waals surface area contributed by atoms with E-state index in [0.29, 0.717) is 18.0 Å². The van der Waals surface area contributed by atoms with Crippen molar-refractivity contribution in [1.82, 2.24) is 10.3 Å². The van der Waals surface area contributed by atoms with Crippen molar-refractivity contribution in [2.24, 2.45) is 0 Å². The highest BCUT2D eigenvalue weighted by Gasteiger charge is 2.44. The van der Waals surface area contributed by atoms with Crippen molar-refractivity contribution in [1.29, 1.82) is 0 Å². The Morgan fingerprint density at radius 3 is 2.34 bits per heavy atom. The lowest BCUT2D eigenvalue weighted by atomic mass is 10.2. The monoisotopic (exact) mass is 430 g/mol. The first-order chi connectivity index (χ1) is 13.4. The summed E-state index contributed by atoms with van der Waals surface area (Å²) in [6.45, 7) is 4.36. The highest BCUT2D eigenvalue weighted by molar-refractivity contribution is 7.93. The van der Waals surface area contributed by atoms with Crippen molar-refractivity contribution in [3.8, 4) is 5.75 Å². The van der Waals surface area contributed by atoms with Crippen LogP contribution in [0.3, 0.4) is 0 Å². The summed E-state index contributed by atoms with van der Waals surface area (Å²) in [7, 11) is -4.33. The molecule has 0 aliphatic carbocycles. The van der Waals surface area contributed by atoms with Gasteiger partial charge in [-0.05, 0) is 44.5 Å². The van der Waals surface area contributed by atoms with Gasteiger partial charge in [-0.1, -0.05) is 18.2 Å². The van der Waals surface area contributed by atoms with Crippen LogP contribution in [0.1, 0.15) is 25.0 Å². The quantitative estimate of drug-likeness (QED) is 0.682. The fourth-order valence-corrected chi connectivity index (χ4v) is 3.62. The number of aromatic nitrogens is 1. The summed E-state index contributed by atoms with van der Waals surface area (Å²) in [5.41, 5.74) is -0.165. The molecule has 29 heavy (non-hydrogen) atoms. The maximum atomic E-state index is 12.7. The Hall–Kier alpha value is -2.62. The minimum absolute atomic E-state index is 0.0482. The highest BCUT2D eigenvalue weighted by Crippen LogP contribution is 2.30. The molecule has 0 bridgehead atoms. The van der Waals surface area contributed by atoms with Gasteiger partial charge in [0.2, 0.25) is 15.7 Å². The summed E-state index contributed by atoms with van der Waals surface area (Å²) >= 11 is 0. The van der Waals surface area contributed by atoms with E-state index in [-0.39, 0.29) is 13.2 Å². The van der Waals surface area contributed by atoms with Gasteiger partial charge in [-0.25, -0.2) is 13.4 Å². The van der Waals surface area contributed by atoms with Crippen molar-refractivity contribution in [3.05, 3.63) is 53.7 Å². The van der Waals surface area contributed by atoms with E-state index in [0.717, 1.165) is 11.6 Å². The number of ether oxygens (including phenoxy) is 1. The lowest BCUT2D eigenvalue weighted by molar-refractivity contribution is -0.137. The molecule has 2 rings (SSSR count). The fourth-order valence-electron chi connectivity index (χ4n) is 2.35. The van der Waals surface area contributed by atoms with Crippen LogP contribution in [0.15, 0.2) is 47.6 Å². The zero-order valence-corrected chi connectivity index (χ0v) is 16.9. The highest BCUT2D eigenvalue weighted by atomic mass is 32.2. The number of nitrogens with zero attached hydrogens (tertiary/aromatic N) is 1. The Kier molecular flexibility index (Phi) is 6.56. The molecule has 1 heterocycles. The van der Waals surface area contributed by atoms with E-state index >= 15 is 0 Å². The molecular weight excluding hydrogens is 409 g/mol. The number of hydrogen-bond acceptors (Lipinski definition) is 5. The standard InChI is InChI=1S/C19H21F3N2O4S/c1-13-6-4-5-7-15(13)28-11-10-23-17(25)18(2,3)29(26,27)16-9-8-14(12-24-16)19(20,21)22/h4-9,12H,10-11H2,1-3H3,(H,23,25). The number of amides is 1. The van der Waals surface area contributed by atoms with Gasteiger partial charge in [-0.3, -0.25) is 4.79 Å². The van der Waals surface area contributed by atoms with Crippen LogP contribution in [0, 0.1) is 6.92 Å². The van der Waals surface area contributed by atoms with Crippen LogP contribution < -0.4 is 10.1 Å². The zero-order chi connectivity index (χ0) is 21.9. The number of halogens is 3. The summed E-state index contributed by atoms with van der Waals surface area (Å²) in [5, 5.41) is 1.86. The Morgan fingerprint density at radius 2 is 1.79 bits per heavy atom. The molecule has 0 radical (unpaired) electrons. The van der Waals surface area contributed by atoms with Crippen LogP contribution in [0.2, 0.25) is 0 Å². The third kappa shape index (κ3) is 5.06. The molecule has 1 aromatic heterocycles. The minimum atomic E-state index is -4.64. The molecule has 0 unspecified atom stereocenters. The van der Waals surface area contributed by atoms with E-state index in [4.69, 9.17) is 4.74 Å². The summed E-state index contributed by atoms with van der Waals surface area (Å²) in [4.78, 5) is 15.8. The molecule has 158 valence electrons. The third-order valence-electron chi connectivity index (χ3n) is 4.30. The topological polar surface area (TPSA) is 85.4 Å². The van der Waals surface area contributed by atoms with Crippen LogP contribution >= 0.6 is 0 Å². The predicted octanol–water partition coefficient (Wildman–Crippen LogP) is 3.16. The largest absolute Gasteiger partial charge is 0.491 e. The molecule has 1 amide bonds. The summed E-state index contributed by atoms with van der Waals surface area (Å²) < 4.78 is 66.9. The van der Waals surface area contributed by atoms with Crippen LogP contribution in [-0.2, 0) is 20.8 Å². The number of alkyl halides is 3. The van der Waals surface area contributed by atoms with Crippen LogP contribution in [0.25, 0.3) is 0 Å². The number of hydrogen-bond donors (Lipinski definition) is 1. The molecule has 1 aromatic carbocycles. The second kappa shape index (κ2) is 8.40. The van der Waals surface area contributed by atoms with Gasteiger partial charge in [0.05, 0.1) is 12.1 Å². The minimum Gasteiger partial charge on any atom is -0.491 e. The van der Waals surface area contributed by atoms with E-state index in [9.17, 15) is 26.4 Å². The van der Waals surface area contributed by atoms with E-state index in [1.54, 1.807) is 12.1 Å². The van der Waals surface area contributed by atoms with Gasteiger partial charge >= 0.3 is 6.18 Å². The van der Waals surface area contributed by atoms with E-state index in [1.165, 1.54) is 13.8 Å². The van der Waals surface area contributed by atoms with Gasteiger partial charge in [0, 0.05) is 6.20 Å². The first kappa shape index (κ1) is 22.7. The van der Waals surface area contributed by atoms with Crippen molar-refractivity contribution in [3.63, 3.8) is 0 Å². The average molecular weight is 430 g/mol. The molecule has 2 aromatic rings. The number of carbonyl (C=O) groups excluding carboxylic acids is 1. The van der Waals surface area contributed by atoms with Gasteiger partial charge in [0.15, 0.2) is 9.77 Å². The molecule has 0 fully saturated rings. The molecule has 0 saturated heterocycles. The van der Waals surface area contributed by atoms with E-state index in [1.807, 2.05) is 19.1 Å². The van der Waals surface area contributed by atoms with Gasteiger partial charge in [0.25, 0.3) is 0 Å². The molecule has 0 aliphatic heterocycles. The number of rotatable bonds is 7. The molecule has 10 heteroatoms. The number of aryl methyl sites for hydroxylation is 1. The first-order valence-electron chi connectivity index (χ1n) is 8.62. The van der Waals surface area contributed by atoms with Gasteiger partial charge in [0.1, 0.15) is 12.4 Å². The Bertz CT molecular complexity index is 972. The van der Waals surface area contributed by atoms with Gasteiger partial charge in [-0.15, -0.1) is 0 Å². The number of carbonyl (C=O) groups is 1. The number of benzene rings is 1. The summed E-state index contributed by atoms with van der Waals surface area (Å²) in [6.07, 6.45) is -4.21. The van der Waals surface area contributed by atoms with Crippen molar-refractivity contribution < 1.29 is 31.1 Å². The first-order valence-corrected chi connectivity index (χ1v) is 10.1. The molecule has 6 nitrogen and oxygen atoms in total. The van der Waals surface area contributed by atoms with Crippen molar-refractivity contribution in [2.75, 3.05) is 13.2 Å². The maximum Gasteiger partial charge on any atom is 0.417 e. The summed E-state index contributed by atoms with van der Waals surface area (Å²) in [5.74, 6) is -0.171. The number of pyridine rings is 1. The molecular formula is C19H21F3N2O4S. The van der Waals surface area contributed by atoms with Crippen molar-refractivity contribution >= 4 is 15.7 Å². The molecule has 0 aliphatic rings. The number of nitrogens with one attached hydrogen (secondary N) is 1. The molecule has 1 N–H and O–H groups in total. The Labute approximate surface area is 167 Å². The SMILES string of the molecule is Cc1ccccc1OCCNC(=O)C(C)(C)S(=O)(=O)c1ccc(C(F)(F)F)cn1. The lowest BCUT2D eigenvalue weighted by Crippen LogP contribution is -2.49. The Morgan fingerprint density at radius 1 is 1.14 bits per heavy atom. The smallest absolute Gasteiger partial charge is 0.417 e. The van der Waals surface area contributed by atoms with Crippen molar-refractivity contribution in [2.45, 2.75) is 36.7 Å². The van der Waals surface area contributed by atoms with Gasteiger partial charge < -0.3 is 10.1 Å². The average Bonchev–Trinajstić information content (AvgIpc) is 2.65.